The number of carbonyl (C=O) groups is 1. The lowest BCUT2D eigenvalue weighted by atomic mass is 9.99. The van der Waals surface area contributed by atoms with Gasteiger partial charge in [-0.05, 0) is 38.0 Å². The molecule has 0 aliphatic carbocycles. The van der Waals surface area contributed by atoms with E-state index in [-0.39, 0.29) is 29.5 Å². The Labute approximate surface area is 170 Å². The van der Waals surface area contributed by atoms with Crippen molar-refractivity contribution in [1.82, 2.24) is 14.3 Å². The van der Waals surface area contributed by atoms with Gasteiger partial charge in [-0.3, -0.25) is 14.6 Å². The van der Waals surface area contributed by atoms with Crippen molar-refractivity contribution in [2.45, 2.75) is 24.7 Å². The number of piperidine rings is 1. The molecule has 9 nitrogen and oxygen atoms in total. The number of nitrogens with one attached hydrogen (secondary N) is 3. The van der Waals surface area contributed by atoms with Crippen LogP contribution in [0.25, 0.3) is 0 Å². The van der Waals surface area contributed by atoms with Crippen molar-refractivity contribution in [3.8, 4) is 0 Å². The molecule has 0 spiro atoms. The number of benzene rings is 1. The van der Waals surface area contributed by atoms with Crippen LogP contribution in [0.3, 0.4) is 0 Å². The minimum Gasteiger partial charge on any atom is -0.326 e. The first-order valence-electron chi connectivity index (χ1n) is 8.69. The summed E-state index contributed by atoms with van der Waals surface area (Å²) in [7, 11) is -4.22. The molecule has 1 atom stereocenters. The Morgan fingerprint density at radius 2 is 2.03 bits per heavy atom. The molecule has 1 fully saturated rings. The highest BCUT2D eigenvalue weighted by atomic mass is 35.5. The molecule has 2 aromatic rings. The summed E-state index contributed by atoms with van der Waals surface area (Å²) in [6.45, 7) is 1.31. The zero-order valence-electron chi connectivity index (χ0n) is 15.3. The normalized spacial score (nSPS) is 17.8. The van der Waals surface area contributed by atoms with E-state index in [0.717, 1.165) is 10.4 Å². The van der Waals surface area contributed by atoms with Crippen molar-refractivity contribution in [2.75, 3.05) is 18.4 Å². The molecule has 1 aliphatic rings. The Bertz CT molecular complexity index is 1180. The highest BCUT2D eigenvalue weighted by Crippen LogP contribution is 2.25. The largest absolute Gasteiger partial charge is 0.326 e. The van der Waals surface area contributed by atoms with Gasteiger partial charge in [0.25, 0.3) is 5.56 Å². The molecule has 0 unspecified atom stereocenters. The molecule has 1 saturated heterocycles. The summed E-state index contributed by atoms with van der Waals surface area (Å²) in [5.41, 5.74) is -1.61. The number of H-pyrrole nitrogens is 2. The lowest BCUT2D eigenvalue weighted by Crippen LogP contribution is -2.45. The minimum atomic E-state index is -4.22. The number of aromatic nitrogens is 2. The zero-order valence-corrected chi connectivity index (χ0v) is 16.9. The standard InChI is InChI=1S/C17H18ClFN4O5S/c1-9-14(16(25)22-17(26)20-9)29(27,28)23-6-2-3-10(8-23)15(24)21-11-4-5-13(19)12(18)7-11/h4-5,7,10H,2-3,6,8H2,1H3,(H,21,24)(H2,20,22,25,26)/t10-/m0/s1. The van der Waals surface area contributed by atoms with Gasteiger partial charge in [0.15, 0.2) is 4.90 Å². The van der Waals surface area contributed by atoms with Gasteiger partial charge in [-0.15, -0.1) is 0 Å². The summed E-state index contributed by atoms with van der Waals surface area (Å²) in [6, 6.07) is 3.72. The van der Waals surface area contributed by atoms with E-state index >= 15 is 0 Å². The molecule has 0 saturated carbocycles. The second kappa shape index (κ2) is 8.09. The summed E-state index contributed by atoms with van der Waals surface area (Å²) in [6.07, 6.45) is 0.843. The summed E-state index contributed by atoms with van der Waals surface area (Å²) in [4.78, 5) is 39.6. The first-order valence-corrected chi connectivity index (χ1v) is 10.5. The Kier molecular flexibility index (Phi) is 5.92. The van der Waals surface area contributed by atoms with Crippen LogP contribution < -0.4 is 16.6 Å². The number of hydrogen-bond donors (Lipinski definition) is 3. The Balaban J connectivity index is 1.81. The number of sulfonamides is 1. The number of nitrogens with zero attached hydrogens (tertiary/aromatic N) is 1. The highest BCUT2D eigenvalue weighted by molar-refractivity contribution is 7.89. The Morgan fingerprint density at radius 3 is 2.69 bits per heavy atom. The molecular weight excluding hydrogens is 427 g/mol. The number of hydrogen-bond acceptors (Lipinski definition) is 5. The molecule has 0 radical (unpaired) electrons. The van der Waals surface area contributed by atoms with Gasteiger partial charge < -0.3 is 10.3 Å². The monoisotopic (exact) mass is 444 g/mol. The topological polar surface area (TPSA) is 132 Å². The summed E-state index contributed by atoms with van der Waals surface area (Å²) in [5, 5.41) is 2.45. The lowest BCUT2D eigenvalue weighted by Gasteiger charge is -2.31. The third-order valence-electron chi connectivity index (χ3n) is 4.61. The van der Waals surface area contributed by atoms with Gasteiger partial charge in [0.2, 0.25) is 15.9 Å². The number of aromatic amines is 2. The van der Waals surface area contributed by atoms with E-state index in [1.807, 2.05) is 4.98 Å². The van der Waals surface area contributed by atoms with Crippen LogP contribution in [-0.4, -0.2) is 41.7 Å². The third-order valence-corrected chi connectivity index (χ3v) is 6.92. The number of carbonyl (C=O) groups excluding carboxylic acids is 1. The van der Waals surface area contributed by atoms with Crippen LogP contribution in [0.1, 0.15) is 18.5 Å². The molecular formula is C17H18ClFN4O5S. The predicted octanol–water partition coefficient (Wildman–Crippen LogP) is 1.20. The van der Waals surface area contributed by atoms with Gasteiger partial charge in [-0.1, -0.05) is 11.6 Å². The fourth-order valence-corrected chi connectivity index (χ4v) is 5.13. The van der Waals surface area contributed by atoms with Gasteiger partial charge >= 0.3 is 5.69 Å². The van der Waals surface area contributed by atoms with E-state index in [4.69, 9.17) is 11.6 Å². The van der Waals surface area contributed by atoms with Gasteiger partial charge in [-0.2, -0.15) is 4.31 Å². The molecule has 1 aromatic carbocycles. The molecule has 0 bridgehead atoms. The fraction of sp³-hybridized carbons (Fsp3) is 0.353. The fourth-order valence-electron chi connectivity index (χ4n) is 3.22. The SMILES string of the molecule is Cc1[nH]c(=O)[nH]c(=O)c1S(=O)(=O)N1CCC[C@H](C(=O)Nc2ccc(F)c(Cl)c2)C1. The first kappa shape index (κ1) is 21.2. The van der Waals surface area contributed by atoms with Crippen LogP contribution in [0.4, 0.5) is 10.1 Å². The van der Waals surface area contributed by atoms with Crippen molar-refractivity contribution < 1.29 is 17.6 Å². The molecule has 3 N–H and O–H groups in total. The van der Waals surface area contributed by atoms with Crippen LogP contribution in [0, 0.1) is 18.7 Å². The van der Waals surface area contributed by atoms with Crippen molar-refractivity contribution in [1.29, 1.82) is 0 Å². The Hall–Kier alpha value is -2.50. The smallest absolute Gasteiger partial charge is 0.325 e. The molecule has 2 heterocycles. The molecule has 156 valence electrons. The minimum absolute atomic E-state index is 0.0775. The number of halogens is 2. The van der Waals surface area contributed by atoms with Crippen LogP contribution in [0.5, 0.6) is 0 Å². The molecule has 3 rings (SSSR count). The highest BCUT2D eigenvalue weighted by Gasteiger charge is 2.36. The Morgan fingerprint density at radius 1 is 1.31 bits per heavy atom. The van der Waals surface area contributed by atoms with Crippen molar-refractivity contribution in [3.63, 3.8) is 0 Å². The zero-order chi connectivity index (χ0) is 21.3. The second-order valence-corrected chi connectivity index (χ2v) is 8.96. The van der Waals surface area contributed by atoms with E-state index in [0.29, 0.717) is 12.8 Å². The van der Waals surface area contributed by atoms with E-state index in [1.54, 1.807) is 0 Å². The maximum atomic E-state index is 13.3. The molecule has 29 heavy (non-hydrogen) atoms. The van der Waals surface area contributed by atoms with Crippen LogP contribution in [0.2, 0.25) is 5.02 Å². The van der Waals surface area contributed by atoms with Gasteiger partial charge in [0, 0.05) is 24.5 Å². The van der Waals surface area contributed by atoms with E-state index in [9.17, 15) is 27.2 Å². The van der Waals surface area contributed by atoms with Crippen molar-refractivity contribution >= 4 is 33.2 Å². The predicted molar refractivity (Wildman–Crippen MR) is 104 cm³/mol. The van der Waals surface area contributed by atoms with Crippen LogP contribution in [-0.2, 0) is 14.8 Å². The third kappa shape index (κ3) is 4.41. The number of anilines is 1. The number of aryl methyl sites for hydroxylation is 1. The van der Waals surface area contributed by atoms with E-state index in [2.05, 4.69) is 10.3 Å². The summed E-state index contributed by atoms with van der Waals surface area (Å²) >= 11 is 5.70. The van der Waals surface area contributed by atoms with Crippen molar-refractivity contribution in [3.05, 3.63) is 55.6 Å². The van der Waals surface area contributed by atoms with E-state index in [1.165, 1.54) is 19.1 Å². The van der Waals surface area contributed by atoms with Crippen molar-refractivity contribution in [2.24, 2.45) is 5.92 Å². The quantitative estimate of drug-likeness (QED) is 0.652. The average molecular weight is 445 g/mol. The first-order chi connectivity index (χ1) is 13.6. The summed E-state index contributed by atoms with van der Waals surface area (Å²) < 4.78 is 40.2. The van der Waals surface area contributed by atoms with Gasteiger partial charge in [-0.25, -0.2) is 17.6 Å². The van der Waals surface area contributed by atoms with Gasteiger partial charge in [0.1, 0.15) is 5.82 Å². The molecule has 1 aromatic heterocycles. The second-order valence-electron chi connectivity index (χ2n) is 6.68. The maximum Gasteiger partial charge on any atom is 0.325 e. The van der Waals surface area contributed by atoms with Crippen LogP contribution >= 0.6 is 11.6 Å². The average Bonchev–Trinajstić information content (AvgIpc) is 2.63. The molecule has 12 heteroatoms. The number of rotatable bonds is 4. The van der Waals surface area contributed by atoms with E-state index < -0.39 is 43.8 Å². The van der Waals surface area contributed by atoms with Gasteiger partial charge in [0.05, 0.1) is 10.9 Å². The lowest BCUT2D eigenvalue weighted by molar-refractivity contribution is -0.120. The molecule has 1 aliphatic heterocycles. The van der Waals surface area contributed by atoms with Crippen LogP contribution in [0.15, 0.2) is 32.7 Å². The number of amides is 1. The summed E-state index contributed by atoms with van der Waals surface area (Å²) in [5.74, 6) is -1.75. The maximum absolute atomic E-state index is 13.3. The molecule has 1 amide bonds.